The molecule has 0 radical (unpaired) electrons. The normalized spacial score (nSPS) is 10.1. The molecular weight excluding hydrogens is 181 g/mol. The Morgan fingerprint density at radius 2 is 2.23 bits per heavy atom. The van der Waals surface area contributed by atoms with Crippen molar-refractivity contribution in [3.8, 4) is 6.07 Å². The van der Waals surface area contributed by atoms with Crippen molar-refractivity contribution in [2.45, 2.75) is 12.8 Å². The molecule has 5 heteroatoms. The number of nitrogens with zero attached hydrogens (tertiary/aromatic N) is 2. The van der Waals surface area contributed by atoms with Gasteiger partial charge in [-0.1, -0.05) is 0 Å². The highest BCUT2D eigenvalue weighted by Gasteiger charge is 2.16. The van der Waals surface area contributed by atoms with Crippen LogP contribution in [0.15, 0.2) is 12.3 Å². The molecule has 0 amide bonds. The van der Waals surface area contributed by atoms with Crippen molar-refractivity contribution >= 4 is 0 Å². The number of nitriles is 1. The Labute approximate surface area is 72.6 Å². The standard InChI is InChI=1S/C8H5F3N2/c9-7(10)5-2-4-13-8(11)6(5)1-3-12/h2,4,7H,1H2. The van der Waals surface area contributed by atoms with Gasteiger partial charge in [-0.25, -0.2) is 13.8 Å². The van der Waals surface area contributed by atoms with E-state index in [0.29, 0.717) is 0 Å². The molecule has 0 aliphatic carbocycles. The largest absolute Gasteiger partial charge is 0.264 e. The van der Waals surface area contributed by atoms with Crippen LogP contribution < -0.4 is 0 Å². The Bertz CT molecular complexity index is 344. The highest BCUT2D eigenvalue weighted by atomic mass is 19.3. The first-order valence-corrected chi connectivity index (χ1v) is 3.45. The zero-order chi connectivity index (χ0) is 9.84. The van der Waals surface area contributed by atoms with Gasteiger partial charge in [0.05, 0.1) is 12.5 Å². The van der Waals surface area contributed by atoms with E-state index in [-0.39, 0.29) is 12.0 Å². The number of pyridine rings is 1. The van der Waals surface area contributed by atoms with Crippen LogP contribution in [0.3, 0.4) is 0 Å². The van der Waals surface area contributed by atoms with Gasteiger partial charge in [-0.15, -0.1) is 0 Å². The van der Waals surface area contributed by atoms with Crippen LogP contribution in [0.5, 0.6) is 0 Å². The topological polar surface area (TPSA) is 36.7 Å². The number of hydrogen-bond donors (Lipinski definition) is 0. The molecule has 0 N–H and O–H groups in total. The lowest BCUT2D eigenvalue weighted by Gasteiger charge is -2.04. The molecule has 0 aliphatic heterocycles. The fourth-order valence-electron chi connectivity index (χ4n) is 0.939. The molecule has 0 unspecified atom stereocenters. The summed E-state index contributed by atoms with van der Waals surface area (Å²) in [5.41, 5.74) is -0.783. The molecule has 0 aliphatic rings. The summed E-state index contributed by atoms with van der Waals surface area (Å²) in [5.74, 6) is -1.00. The summed E-state index contributed by atoms with van der Waals surface area (Å²) in [4.78, 5) is 3.19. The van der Waals surface area contributed by atoms with Crippen molar-refractivity contribution < 1.29 is 13.2 Å². The monoisotopic (exact) mass is 186 g/mol. The number of rotatable bonds is 2. The lowest BCUT2D eigenvalue weighted by atomic mass is 10.1. The summed E-state index contributed by atoms with van der Waals surface area (Å²) in [5, 5.41) is 8.26. The third-order valence-corrected chi connectivity index (χ3v) is 1.53. The van der Waals surface area contributed by atoms with Gasteiger partial charge in [0.25, 0.3) is 6.43 Å². The van der Waals surface area contributed by atoms with E-state index in [1.54, 1.807) is 6.07 Å². The second-order valence-corrected chi connectivity index (χ2v) is 2.31. The Morgan fingerprint density at radius 1 is 1.54 bits per heavy atom. The van der Waals surface area contributed by atoms with E-state index in [1.807, 2.05) is 0 Å². The summed E-state index contributed by atoms with van der Waals surface area (Å²) >= 11 is 0. The Morgan fingerprint density at radius 3 is 2.77 bits per heavy atom. The first-order valence-electron chi connectivity index (χ1n) is 3.45. The summed E-state index contributed by atoms with van der Waals surface area (Å²) in [7, 11) is 0. The summed E-state index contributed by atoms with van der Waals surface area (Å²) in [6.07, 6.45) is -2.21. The minimum atomic E-state index is -2.78. The molecular formula is C8H5F3N2. The first-order chi connectivity index (χ1) is 6.16. The third kappa shape index (κ3) is 1.96. The Hall–Kier alpha value is -1.57. The van der Waals surface area contributed by atoms with Gasteiger partial charge in [-0.3, -0.25) is 0 Å². The minimum absolute atomic E-state index is 0.319. The molecule has 0 aromatic carbocycles. The highest BCUT2D eigenvalue weighted by Crippen LogP contribution is 2.23. The van der Waals surface area contributed by atoms with Crippen LogP contribution in [0.25, 0.3) is 0 Å². The maximum Gasteiger partial charge on any atom is 0.264 e. The first kappa shape index (κ1) is 9.52. The highest BCUT2D eigenvalue weighted by molar-refractivity contribution is 5.28. The van der Waals surface area contributed by atoms with Crippen molar-refractivity contribution in [1.29, 1.82) is 5.26 Å². The molecule has 1 heterocycles. The van der Waals surface area contributed by atoms with Gasteiger partial charge in [-0.05, 0) is 6.07 Å². The molecule has 0 fully saturated rings. The molecule has 68 valence electrons. The number of alkyl halides is 2. The van der Waals surface area contributed by atoms with E-state index >= 15 is 0 Å². The molecule has 0 saturated heterocycles. The van der Waals surface area contributed by atoms with Gasteiger partial charge in [0.15, 0.2) is 0 Å². The van der Waals surface area contributed by atoms with Crippen LogP contribution >= 0.6 is 0 Å². The molecule has 0 spiro atoms. The van der Waals surface area contributed by atoms with Crippen LogP contribution in [-0.4, -0.2) is 4.98 Å². The fraction of sp³-hybridized carbons (Fsp3) is 0.250. The number of halogens is 3. The Kier molecular flexibility index (Phi) is 2.85. The molecule has 1 aromatic rings. The SMILES string of the molecule is N#CCc1c(C(F)F)ccnc1F. The van der Waals surface area contributed by atoms with E-state index in [0.717, 1.165) is 12.3 Å². The number of hydrogen-bond acceptors (Lipinski definition) is 2. The molecule has 0 saturated carbocycles. The summed E-state index contributed by atoms with van der Waals surface area (Å²) < 4.78 is 37.3. The fourth-order valence-corrected chi connectivity index (χ4v) is 0.939. The average Bonchev–Trinajstić information content (AvgIpc) is 2.08. The zero-order valence-corrected chi connectivity index (χ0v) is 6.47. The van der Waals surface area contributed by atoms with Crippen molar-refractivity contribution in [3.63, 3.8) is 0 Å². The maximum atomic E-state index is 12.8. The van der Waals surface area contributed by atoms with Crippen molar-refractivity contribution in [3.05, 3.63) is 29.3 Å². The minimum Gasteiger partial charge on any atom is -0.228 e. The van der Waals surface area contributed by atoms with Gasteiger partial charge >= 0.3 is 0 Å². The van der Waals surface area contributed by atoms with Crippen LogP contribution in [0.4, 0.5) is 13.2 Å². The van der Waals surface area contributed by atoms with Gasteiger partial charge in [0.2, 0.25) is 5.95 Å². The summed E-state index contributed by atoms with van der Waals surface area (Å²) in [6, 6.07) is 2.62. The smallest absolute Gasteiger partial charge is 0.228 e. The predicted molar refractivity (Wildman–Crippen MR) is 38.5 cm³/mol. The second kappa shape index (κ2) is 3.90. The lowest BCUT2D eigenvalue weighted by molar-refractivity contribution is 0.149. The van der Waals surface area contributed by atoms with Crippen LogP contribution in [-0.2, 0) is 6.42 Å². The van der Waals surface area contributed by atoms with Gasteiger partial charge in [0.1, 0.15) is 0 Å². The van der Waals surface area contributed by atoms with Crippen molar-refractivity contribution in [2.75, 3.05) is 0 Å². The van der Waals surface area contributed by atoms with Gasteiger partial charge < -0.3 is 0 Å². The molecule has 0 bridgehead atoms. The van der Waals surface area contributed by atoms with Crippen LogP contribution in [0.1, 0.15) is 17.6 Å². The second-order valence-electron chi connectivity index (χ2n) is 2.31. The van der Waals surface area contributed by atoms with E-state index in [2.05, 4.69) is 4.98 Å². The van der Waals surface area contributed by atoms with E-state index in [9.17, 15) is 13.2 Å². The molecule has 1 aromatic heterocycles. The van der Waals surface area contributed by atoms with Crippen molar-refractivity contribution in [2.24, 2.45) is 0 Å². The maximum absolute atomic E-state index is 12.8. The molecule has 13 heavy (non-hydrogen) atoms. The van der Waals surface area contributed by atoms with Crippen LogP contribution in [0.2, 0.25) is 0 Å². The van der Waals surface area contributed by atoms with Gasteiger partial charge in [0, 0.05) is 17.3 Å². The van der Waals surface area contributed by atoms with E-state index in [4.69, 9.17) is 5.26 Å². The Balaban J connectivity index is 3.19. The quantitative estimate of drug-likeness (QED) is 0.664. The van der Waals surface area contributed by atoms with Crippen molar-refractivity contribution in [1.82, 2.24) is 4.98 Å². The predicted octanol–water partition coefficient (Wildman–Crippen LogP) is 2.22. The lowest BCUT2D eigenvalue weighted by Crippen LogP contribution is -2.00. The van der Waals surface area contributed by atoms with E-state index in [1.165, 1.54) is 0 Å². The summed E-state index contributed by atoms with van der Waals surface area (Å²) in [6.45, 7) is 0. The van der Waals surface area contributed by atoms with E-state index < -0.39 is 17.9 Å². The molecule has 1 rings (SSSR count). The molecule has 0 atom stereocenters. The number of aromatic nitrogens is 1. The molecule has 2 nitrogen and oxygen atoms in total. The third-order valence-electron chi connectivity index (χ3n) is 1.53. The average molecular weight is 186 g/mol. The van der Waals surface area contributed by atoms with Gasteiger partial charge in [-0.2, -0.15) is 9.65 Å². The zero-order valence-electron chi connectivity index (χ0n) is 6.47. The van der Waals surface area contributed by atoms with Crippen LogP contribution in [0, 0.1) is 17.3 Å².